The monoisotopic (exact) mass is 193 g/mol. The van der Waals surface area contributed by atoms with E-state index < -0.39 is 6.10 Å². The number of furan rings is 1. The van der Waals surface area contributed by atoms with Gasteiger partial charge in [-0.15, -0.1) is 0 Å². The summed E-state index contributed by atoms with van der Waals surface area (Å²) in [5.41, 5.74) is 0.848. The molecule has 2 aliphatic rings. The first-order chi connectivity index (χ1) is 6.77. The Kier molecular flexibility index (Phi) is 1.50. The van der Waals surface area contributed by atoms with E-state index in [0.717, 1.165) is 17.7 Å². The van der Waals surface area contributed by atoms with Gasteiger partial charge < -0.3 is 14.4 Å². The maximum absolute atomic E-state index is 11.5. The Labute approximate surface area is 81.1 Å². The maximum atomic E-state index is 11.5. The first kappa shape index (κ1) is 8.05. The summed E-state index contributed by atoms with van der Waals surface area (Å²) >= 11 is 0. The summed E-state index contributed by atoms with van der Waals surface area (Å²) in [6.45, 7) is 0.517. The zero-order valence-electron chi connectivity index (χ0n) is 7.64. The van der Waals surface area contributed by atoms with Gasteiger partial charge in [-0.3, -0.25) is 4.79 Å². The quantitative estimate of drug-likeness (QED) is 0.663. The number of aliphatic hydroxyl groups excluding tert-OH is 1. The standard InChI is InChI=1S/C10H11NO3/c12-9-2-1-7-10(13)6-3-4-14-8(6)5-11(7)9/h3-4,7,10,13H,1-2,5H2/t7-,10-/m1/s1. The number of carbonyl (C=O) groups excluding carboxylic acids is 1. The van der Waals surface area contributed by atoms with Gasteiger partial charge in [0.25, 0.3) is 0 Å². The molecule has 0 aromatic carbocycles. The van der Waals surface area contributed by atoms with Crippen molar-refractivity contribution < 1.29 is 14.3 Å². The fraction of sp³-hybridized carbons (Fsp3) is 0.500. The lowest BCUT2D eigenvalue weighted by Gasteiger charge is -2.32. The third-order valence-corrected chi connectivity index (χ3v) is 3.15. The van der Waals surface area contributed by atoms with E-state index in [2.05, 4.69) is 0 Å². The zero-order chi connectivity index (χ0) is 9.71. The zero-order valence-corrected chi connectivity index (χ0v) is 7.64. The number of rotatable bonds is 0. The maximum Gasteiger partial charge on any atom is 0.223 e. The van der Waals surface area contributed by atoms with E-state index >= 15 is 0 Å². The lowest BCUT2D eigenvalue weighted by Crippen LogP contribution is -2.40. The minimum Gasteiger partial charge on any atom is -0.467 e. The van der Waals surface area contributed by atoms with Crippen LogP contribution < -0.4 is 0 Å². The Hall–Kier alpha value is -1.29. The van der Waals surface area contributed by atoms with Gasteiger partial charge in [-0.1, -0.05) is 0 Å². The number of nitrogens with zero attached hydrogens (tertiary/aromatic N) is 1. The van der Waals surface area contributed by atoms with Crippen molar-refractivity contribution >= 4 is 5.91 Å². The van der Waals surface area contributed by atoms with Crippen LogP contribution >= 0.6 is 0 Å². The molecular formula is C10H11NO3. The molecule has 3 rings (SSSR count). The average molecular weight is 193 g/mol. The lowest BCUT2D eigenvalue weighted by atomic mass is 9.97. The number of amides is 1. The van der Waals surface area contributed by atoms with Crippen LogP contribution in [0.2, 0.25) is 0 Å². The molecule has 74 valence electrons. The molecule has 0 unspecified atom stereocenters. The van der Waals surface area contributed by atoms with Gasteiger partial charge in [0.05, 0.1) is 18.8 Å². The molecule has 4 heteroatoms. The second kappa shape index (κ2) is 2.60. The minimum absolute atomic E-state index is 0.0346. The number of carbonyl (C=O) groups is 1. The normalized spacial score (nSPS) is 30.4. The summed E-state index contributed by atoms with van der Waals surface area (Å²) in [5, 5.41) is 9.98. The van der Waals surface area contributed by atoms with Gasteiger partial charge in [0.1, 0.15) is 11.9 Å². The van der Waals surface area contributed by atoms with E-state index in [9.17, 15) is 9.90 Å². The Morgan fingerprint density at radius 3 is 3.29 bits per heavy atom. The van der Waals surface area contributed by atoms with E-state index in [1.807, 2.05) is 0 Å². The molecule has 1 N–H and O–H groups in total. The van der Waals surface area contributed by atoms with Crippen molar-refractivity contribution in [2.24, 2.45) is 0 Å². The van der Waals surface area contributed by atoms with E-state index in [0.29, 0.717) is 13.0 Å². The van der Waals surface area contributed by atoms with E-state index in [1.165, 1.54) is 0 Å². The molecule has 0 spiro atoms. The van der Waals surface area contributed by atoms with Gasteiger partial charge in [-0.25, -0.2) is 0 Å². The van der Waals surface area contributed by atoms with Crippen LogP contribution in [-0.2, 0) is 11.3 Å². The molecule has 2 atom stereocenters. The molecule has 4 nitrogen and oxygen atoms in total. The van der Waals surface area contributed by atoms with Crippen LogP contribution in [0.3, 0.4) is 0 Å². The molecule has 0 saturated carbocycles. The molecule has 1 amide bonds. The van der Waals surface area contributed by atoms with Crippen molar-refractivity contribution in [3.8, 4) is 0 Å². The van der Waals surface area contributed by atoms with Crippen molar-refractivity contribution in [3.05, 3.63) is 23.7 Å². The van der Waals surface area contributed by atoms with Gasteiger partial charge >= 0.3 is 0 Å². The molecule has 1 aromatic heterocycles. The number of hydrogen-bond acceptors (Lipinski definition) is 3. The molecule has 2 aliphatic heterocycles. The van der Waals surface area contributed by atoms with Crippen LogP contribution in [0, 0.1) is 0 Å². The summed E-state index contributed by atoms with van der Waals surface area (Å²) < 4.78 is 5.23. The Bertz CT molecular complexity index is 384. The lowest BCUT2D eigenvalue weighted by molar-refractivity contribution is -0.132. The van der Waals surface area contributed by atoms with Crippen molar-refractivity contribution in [1.29, 1.82) is 0 Å². The molecule has 0 radical (unpaired) electrons. The van der Waals surface area contributed by atoms with Crippen LogP contribution in [0.25, 0.3) is 0 Å². The Balaban J connectivity index is 2.04. The van der Waals surface area contributed by atoms with E-state index in [-0.39, 0.29) is 11.9 Å². The van der Waals surface area contributed by atoms with Crippen molar-refractivity contribution in [3.63, 3.8) is 0 Å². The summed E-state index contributed by atoms with van der Waals surface area (Å²) in [6, 6.07) is 1.76. The van der Waals surface area contributed by atoms with Gasteiger partial charge in [0, 0.05) is 12.0 Å². The molecule has 3 heterocycles. The second-order valence-corrected chi connectivity index (χ2v) is 3.87. The fourth-order valence-corrected chi connectivity index (χ4v) is 2.39. The molecule has 1 fully saturated rings. The van der Waals surface area contributed by atoms with Crippen LogP contribution in [-0.4, -0.2) is 22.0 Å². The summed E-state index contributed by atoms with van der Waals surface area (Å²) in [4.78, 5) is 13.2. The molecule has 0 bridgehead atoms. The van der Waals surface area contributed by atoms with Crippen LogP contribution in [0.4, 0.5) is 0 Å². The highest BCUT2D eigenvalue weighted by Gasteiger charge is 2.41. The minimum atomic E-state index is -0.566. The highest BCUT2D eigenvalue weighted by Crippen LogP contribution is 2.37. The highest BCUT2D eigenvalue weighted by atomic mass is 16.3. The van der Waals surface area contributed by atoms with Crippen LogP contribution in [0.15, 0.2) is 16.7 Å². The SMILES string of the molecule is O=C1CC[C@@H]2[C@H](O)c3ccoc3CN12. The Morgan fingerprint density at radius 2 is 2.43 bits per heavy atom. The molecule has 1 aromatic rings. The van der Waals surface area contributed by atoms with E-state index in [1.54, 1.807) is 17.2 Å². The third kappa shape index (κ3) is 0.889. The summed E-state index contributed by atoms with van der Waals surface area (Å²) in [7, 11) is 0. The fourth-order valence-electron chi connectivity index (χ4n) is 2.39. The van der Waals surface area contributed by atoms with Crippen molar-refractivity contribution in [2.45, 2.75) is 31.5 Å². The molecule has 1 saturated heterocycles. The van der Waals surface area contributed by atoms with Crippen molar-refractivity contribution in [2.75, 3.05) is 0 Å². The van der Waals surface area contributed by atoms with Gasteiger partial charge in [0.15, 0.2) is 0 Å². The number of aliphatic hydroxyl groups is 1. The Morgan fingerprint density at radius 1 is 1.57 bits per heavy atom. The smallest absolute Gasteiger partial charge is 0.223 e. The average Bonchev–Trinajstić information content (AvgIpc) is 2.75. The number of fused-ring (bicyclic) bond motifs is 2. The molecular weight excluding hydrogens is 182 g/mol. The first-order valence-corrected chi connectivity index (χ1v) is 4.81. The van der Waals surface area contributed by atoms with Gasteiger partial charge in [-0.05, 0) is 12.5 Å². The van der Waals surface area contributed by atoms with Gasteiger partial charge in [0.2, 0.25) is 5.91 Å². The van der Waals surface area contributed by atoms with Gasteiger partial charge in [-0.2, -0.15) is 0 Å². The summed E-state index contributed by atoms with van der Waals surface area (Å²) in [5.74, 6) is 0.847. The molecule has 14 heavy (non-hydrogen) atoms. The van der Waals surface area contributed by atoms with Crippen LogP contribution in [0.1, 0.15) is 30.3 Å². The molecule has 0 aliphatic carbocycles. The van der Waals surface area contributed by atoms with Crippen LogP contribution in [0.5, 0.6) is 0 Å². The first-order valence-electron chi connectivity index (χ1n) is 4.81. The van der Waals surface area contributed by atoms with Crippen molar-refractivity contribution in [1.82, 2.24) is 4.90 Å². The topological polar surface area (TPSA) is 53.7 Å². The largest absolute Gasteiger partial charge is 0.467 e. The predicted molar refractivity (Wildman–Crippen MR) is 47.2 cm³/mol. The predicted octanol–water partition coefficient (Wildman–Crippen LogP) is 0.818. The third-order valence-electron chi connectivity index (χ3n) is 3.15. The highest BCUT2D eigenvalue weighted by molar-refractivity contribution is 5.79. The second-order valence-electron chi connectivity index (χ2n) is 3.87. The van der Waals surface area contributed by atoms with E-state index in [4.69, 9.17) is 4.42 Å². The summed E-state index contributed by atoms with van der Waals surface area (Å²) in [6.07, 6.45) is 2.31. The number of hydrogen-bond donors (Lipinski definition) is 1.